The highest BCUT2D eigenvalue weighted by Crippen LogP contribution is 2.38. The van der Waals surface area contributed by atoms with Crippen molar-refractivity contribution in [1.29, 1.82) is 0 Å². The number of carbonyl (C=O) groups is 2. The zero-order valence-electron chi connectivity index (χ0n) is 17.6. The first-order valence-electron chi connectivity index (χ1n) is 9.72. The van der Waals surface area contributed by atoms with E-state index in [0.717, 1.165) is 6.08 Å². The minimum absolute atomic E-state index is 0.231. The molecule has 0 bridgehead atoms. The standard InChI is InChI=1S/C18H31NO6.C2H6/c1-17(2)11-14(12-18(3,4)19(17)24)25-16(23)8-6-5-7-13(20)9-10-15(21)22;1-2/h9-10,13-14,20,24H,5-8,11-12H2,1-4H3,(H,21,22);1-2H3/b10-9+;. The van der Waals surface area contributed by atoms with E-state index in [1.54, 1.807) is 0 Å². The van der Waals surface area contributed by atoms with Crippen LogP contribution in [0.1, 0.15) is 80.1 Å². The molecule has 1 atom stereocenters. The van der Waals surface area contributed by atoms with Crippen LogP contribution in [0.2, 0.25) is 0 Å². The van der Waals surface area contributed by atoms with Gasteiger partial charge in [-0.05, 0) is 53.0 Å². The SMILES string of the molecule is CC.CC1(C)CC(OC(=O)CCCCC(O)/C=C/C(=O)O)CC(C)(C)N1O. The van der Waals surface area contributed by atoms with Crippen LogP contribution in [-0.4, -0.2) is 55.7 Å². The molecular formula is C20H37NO6. The van der Waals surface area contributed by atoms with Gasteiger partial charge in [-0.1, -0.05) is 13.8 Å². The summed E-state index contributed by atoms with van der Waals surface area (Å²) in [4.78, 5) is 22.4. The largest absolute Gasteiger partial charge is 0.478 e. The van der Waals surface area contributed by atoms with Crippen LogP contribution >= 0.6 is 0 Å². The fraction of sp³-hybridized carbons (Fsp3) is 0.800. The Morgan fingerprint density at radius 1 is 1.15 bits per heavy atom. The van der Waals surface area contributed by atoms with Crippen molar-refractivity contribution in [1.82, 2.24) is 5.06 Å². The van der Waals surface area contributed by atoms with Gasteiger partial charge in [-0.3, -0.25) is 4.79 Å². The van der Waals surface area contributed by atoms with Crippen LogP contribution in [0.15, 0.2) is 12.2 Å². The Morgan fingerprint density at radius 2 is 1.67 bits per heavy atom. The third-order valence-corrected chi connectivity index (χ3v) is 4.49. The van der Waals surface area contributed by atoms with Crippen molar-refractivity contribution in [3.63, 3.8) is 0 Å². The van der Waals surface area contributed by atoms with E-state index in [0.29, 0.717) is 32.1 Å². The molecule has 1 heterocycles. The molecule has 1 aliphatic heterocycles. The third kappa shape index (κ3) is 9.35. The molecular weight excluding hydrogens is 350 g/mol. The molecule has 0 aromatic heterocycles. The molecule has 27 heavy (non-hydrogen) atoms. The Kier molecular flexibility index (Phi) is 10.8. The summed E-state index contributed by atoms with van der Waals surface area (Å²) >= 11 is 0. The molecule has 1 saturated heterocycles. The van der Waals surface area contributed by atoms with Crippen LogP contribution in [0.25, 0.3) is 0 Å². The first kappa shape index (κ1) is 25.6. The number of rotatable bonds is 8. The minimum atomic E-state index is -1.09. The first-order chi connectivity index (χ1) is 12.4. The van der Waals surface area contributed by atoms with Gasteiger partial charge < -0.3 is 20.2 Å². The highest BCUT2D eigenvalue weighted by atomic mass is 16.5. The molecule has 1 unspecified atom stereocenters. The van der Waals surface area contributed by atoms with Gasteiger partial charge in [0.15, 0.2) is 0 Å². The molecule has 0 aromatic rings. The number of esters is 1. The lowest BCUT2D eigenvalue weighted by Crippen LogP contribution is -2.60. The Balaban J connectivity index is 0.00000326. The molecule has 7 heteroatoms. The molecule has 1 fully saturated rings. The van der Waals surface area contributed by atoms with Crippen molar-refractivity contribution in [2.24, 2.45) is 0 Å². The summed E-state index contributed by atoms with van der Waals surface area (Å²) in [6, 6.07) is 0. The van der Waals surface area contributed by atoms with Gasteiger partial charge in [0.25, 0.3) is 0 Å². The Bertz CT molecular complexity index is 483. The number of carboxylic acids is 1. The quantitative estimate of drug-likeness (QED) is 0.332. The summed E-state index contributed by atoms with van der Waals surface area (Å²) in [5, 5.41) is 29.6. The van der Waals surface area contributed by atoms with Crippen LogP contribution < -0.4 is 0 Å². The number of aliphatic hydroxyl groups excluding tert-OH is 1. The number of aliphatic carboxylic acids is 1. The van der Waals surface area contributed by atoms with E-state index in [1.165, 1.54) is 11.1 Å². The predicted octanol–water partition coefficient (Wildman–Crippen LogP) is 3.53. The van der Waals surface area contributed by atoms with Gasteiger partial charge in [-0.2, -0.15) is 5.06 Å². The number of carboxylic acid groups (broad SMARTS) is 1. The number of aliphatic hydroxyl groups is 1. The maximum Gasteiger partial charge on any atom is 0.328 e. The van der Waals surface area contributed by atoms with Crippen LogP contribution in [0.4, 0.5) is 0 Å². The third-order valence-electron chi connectivity index (χ3n) is 4.49. The van der Waals surface area contributed by atoms with Gasteiger partial charge in [0.1, 0.15) is 6.10 Å². The van der Waals surface area contributed by atoms with E-state index < -0.39 is 23.2 Å². The summed E-state index contributed by atoms with van der Waals surface area (Å²) in [6.07, 6.45) is 4.07. The Hall–Kier alpha value is -1.44. The lowest BCUT2D eigenvalue weighted by molar-refractivity contribution is -0.259. The fourth-order valence-electron chi connectivity index (χ4n) is 3.42. The zero-order valence-corrected chi connectivity index (χ0v) is 17.6. The van der Waals surface area contributed by atoms with Crippen molar-refractivity contribution in [3.05, 3.63) is 12.2 Å². The van der Waals surface area contributed by atoms with E-state index in [4.69, 9.17) is 9.84 Å². The Morgan fingerprint density at radius 3 is 2.15 bits per heavy atom. The van der Waals surface area contributed by atoms with Crippen LogP contribution in [0.5, 0.6) is 0 Å². The normalized spacial score (nSPS) is 20.6. The van der Waals surface area contributed by atoms with Crippen molar-refractivity contribution in [2.45, 2.75) is 103 Å². The maximum absolute atomic E-state index is 12.0. The lowest BCUT2D eigenvalue weighted by atomic mass is 9.80. The molecule has 7 nitrogen and oxygen atoms in total. The second-order valence-corrected chi connectivity index (χ2v) is 7.97. The average molecular weight is 388 g/mol. The number of piperidine rings is 1. The number of ether oxygens (including phenoxy) is 1. The summed E-state index contributed by atoms with van der Waals surface area (Å²) in [6.45, 7) is 11.7. The average Bonchev–Trinajstić information content (AvgIpc) is 2.56. The topological polar surface area (TPSA) is 107 Å². The predicted molar refractivity (Wildman–Crippen MR) is 103 cm³/mol. The van der Waals surface area contributed by atoms with Crippen LogP contribution in [0.3, 0.4) is 0 Å². The molecule has 0 spiro atoms. The van der Waals surface area contributed by atoms with E-state index in [-0.39, 0.29) is 18.5 Å². The number of unbranched alkanes of at least 4 members (excludes halogenated alkanes) is 1. The summed E-state index contributed by atoms with van der Waals surface area (Å²) in [5.41, 5.74) is -0.930. The lowest BCUT2D eigenvalue weighted by Gasteiger charge is -2.50. The minimum Gasteiger partial charge on any atom is -0.478 e. The highest BCUT2D eigenvalue weighted by Gasteiger charge is 2.46. The summed E-state index contributed by atoms with van der Waals surface area (Å²) in [7, 11) is 0. The second kappa shape index (κ2) is 11.4. The van der Waals surface area contributed by atoms with Gasteiger partial charge in [0.2, 0.25) is 0 Å². The maximum atomic E-state index is 12.0. The van der Waals surface area contributed by atoms with Crippen molar-refractivity contribution >= 4 is 11.9 Å². The summed E-state index contributed by atoms with van der Waals surface area (Å²) in [5.74, 6) is -1.37. The Labute approximate surface area is 163 Å². The molecule has 158 valence electrons. The molecule has 1 rings (SSSR count). The van der Waals surface area contributed by atoms with Gasteiger partial charge >= 0.3 is 11.9 Å². The van der Waals surface area contributed by atoms with E-state index in [2.05, 4.69) is 0 Å². The number of carbonyl (C=O) groups excluding carboxylic acids is 1. The van der Waals surface area contributed by atoms with Crippen molar-refractivity contribution < 1.29 is 29.7 Å². The molecule has 0 aromatic carbocycles. The number of hydrogen-bond donors (Lipinski definition) is 3. The highest BCUT2D eigenvalue weighted by molar-refractivity contribution is 5.79. The number of hydrogen-bond acceptors (Lipinski definition) is 6. The molecule has 0 saturated carbocycles. The number of nitrogens with zero attached hydrogens (tertiary/aromatic N) is 1. The van der Waals surface area contributed by atoms with E-state index in [9.17, 15) is 19.9 Å². The fourth-order valence-corrected chi connectivity index (χ4v) is 3.42. The van der Waals surface area contributed by atoms with Gasteiger partial charge in [0.05, 0.1) is 6.10 Å². The number of hydroxylamine groups is 2. The molecule has 0 amide bonds. The second-order valence-electron chi connectivity index (χ2n) is 7.97. The smallest absolute Gasteiger partial charge is 0.328 e. The zero-order chi connectivity index (χ0) is 21.3. The van der Waals surface area contributed by atoms with Gasteiger partial charge in [0, 0.05) is 36.4 Å². The van der Waals surface area contributed by atoms with Crippen LogP contribution in [0, 0.1) is 0 Å². The van der Waals surface area contributed by atoms with Crippen LogP contribution in [-0.2, 0) is 14.3 Å². The van der Waals surface area contributed by atoms with Crippen molar-refractivity contribution in [3.8, 4) is 0 Å². The van der Waals surface area contributed by atoms with Gasteiger partial charge in [-0.25, -0.2) is 4.79 Å². The summed E-state index contributed by atoms with van der Waals surface area (Å²) < 4.78 is 5.57. The molecule has 0 aliphatic carbocycles. The first-order valence-corrected chi connectivity index (χ1v) is 9.72. The van der Waals surface area contributed by atoms with E-state index >= 15 is 0 Å². The molecule has 1 aliphatic rings. The molecule has 0 radical (unpaired) electrons. The monoisotopic (exact) mass is 387 g/mol. The van der Waals surface area contributed by atoms with E-state index in [1.807, 2.05) is 41.5 Å². The molecule has 3 N–H and O–H groups in total. The van der Waals surface area contributed by atoms with Gasteiger partial charge in [-0.15, -0.1) is 0 Å². The van der Waals surface area contributed by atoms with Crippen molar-refractivity contribution in [2.75, 3.05) is 0 Å².